The summed E-state index contributed by atoms with van der Waals surface area (Å²) in [5.41, 5.74) is 1.69. The number of carbonyl (C=O) groups is 2. The predicted octanol–water partition coefficient (Wildman–Crippen LogP) is 4.91. The number of ether oxygens (including phenoxy) is 1. The van der Waals surface area contributed by atoms with Gasteiger partial charge in [0.1, 0.15) is 16.5 Å². The smallest absolute Gasteiger partial charge is 0.339 e. The summed E-state index contributed by atoms with van der Waals surface area (Å²) in [5.74, 6) is -0.841. The fourth-order valence-electron chi connectivity index (χ4n) is 3.23. The van der Waals surface area contributed by atoms with Gasteiger partial charge < -0.3 is 14.2 Å². The lowest BCUT2D eigenvalue weighted by atomic mass is 10.1. The summed E-state index contributed by atoms with van der Waals surface area (Å²) in [5, 5.41) is 12.1. The van der Waals surface area contributed by atoms with Gasteiger partial charge >= 0.3 is 10.1 Å². The second-order valence-corrected chi connectivity index (χ2v) is 9.26. The van der Waals surface area contributed by atoms with Crippen molar-refractivity contribution in [2.75, 3.05) is 11.9 Å². The van der Waals surface area contributed by atoms with Gasteiger partial charge in [0.15, 0.2) is 17.3 Å². The molecule has 3 aromatic carbocycles. The van der Waals surface area contributed by atoms with E-state index in [-0.39, 0.29) is 40.0 Å². The molecule has 0 fully saturated rings. The number of nitriles is 1. The van der Waals surface area contributed by atoms with Crippen LogP contribution in [0.4, 0.5) is 5.69 Å². The largest absolute Gasteiger partial charge is 0.490 e. The van der Waals surface area contributed by atoms with Crippen molar-refractivity contribution in [2.24, 2.45) is 0 Å². The molecule has 0 aromatic heterocycles. The van der Waals surface area contributed by atoms with E-state index in [4.69, 9.17) is 8.92 Å². The number of amides is 1. The van der Waals surface area contributed by atoms with E-state index in [1.807, 2.05) is 13.0 Å². The van der Waals surface area contributed by atoms with Crippen molar-refractivity contribution in [1.29, 1.82) is 5.26 Å². The Kier molecular flexibility index (Phi) is 8.25. The van der Waals surface area contributed by atoms with Gasteiger partial charge in [0.25, 0.3) is 5.91 Å². The second kappa shape index (κ2) is 11.3. The molecule has 3 rings (SSSR count). The first-order valence-corrected chi connectivity index (χ1v) is 12.4. The first kappa shape index (κ1) is 26.2. The Hall–Kier alpha value is -4.42. The van der Waals surface area contributed by atoms with E-state index in [0.29, 0.717) is 11.1 Å². The van der Waals surface area contributed by atoms with Crippen LogP contribution in [0.25, 0.3) is 6.08 Å². The van der Waals surface area contributed by atoms with E-state index in [1.165, 1.54) is 43.3 Å². The van der Waals surface area contributed by atoms with Gasteiger partial charge in [-0.2, -0.15) is 13.7 Å². The zero-order valence-corrected chi connectivity index (χ0v) is 20.8. The van der Waals surface area contributed by atoms with Crippen LogP contribution in [0.1, 0.15) is 35.3 Å². The highest BCUT2D eigenvalue weighted by Crippen LogP contribution is 2.32. The SMILES string of the molecule is CCOc1cc(/C=C(/C#N)C(=O)Nc2ccccc2C(C)=O)ccc1OS(=O)(=O)c1ccc(C)cc1. The lowest BCUT2D eigenvalue weighted by Gasteiger charge is -2.13. The number of Topliss-reactive ketones (excluding diaryl/α,β-unsaturated/α-hetero) is 1. The molecule has 0 saturated heterocycles. The zero-order chi connectivity index (χ0) is 26.3. The summed E-state index contributed by atoms with van der Waals surface area (Å²) in [7, 11) is -4.11. The molecule has 3 aromatic rings. The standard InChI is InChI=1S/C27H24N2O6S/c1-4-34-26-16-20(11-14-25(26)35-36(32,33)22-12-9-18(2)10-13-22)15-21(17-28)27(31)29-24-8-6-5-7-23(24)19(3)30/h5-16H,4H2,1-3H3,(H,29,31)/b21-15-. The van der Waals surface area contributed by atoms with E-state index in [9.17, 15) is 23.3 Å². The molecule has 0 unspecified atom stereocenters. The predicted molar refractivity (Wildman–Crippen MR) is 135 cm³/mol. The first-order valence-electron chi connectivity index (χ1n) is 11.0. The summed E-state index contributed by atoms with van der Waals surface area (Å²) in [6, 6.07) is 18.9. The van der Waals surface area contributed by atoms with Gasteiger partial charge in [0.2, 0.25) is 0 Å². The van der Waals surface area contributed by atoms with Crippen molar-refractivity contribution < 1.29 is 26.9 Å². The second-order valence-electron chi connectivity index (χ2n) is 7.72. The topological polar surface area (TPSA) is 123 Å². The molecule has 0 radical (unpaired) electrons. The molecule has 0 spiro atoms. The van der Waals surface area contributed by atoms with Crippen LogP contribution in [0.5, 0.6) is 11.5 Å². The van der Waals surface area contributed by atoms with Crippen LogP contribution in [-0.4, -0.2) is 26.7 Å². The highest BCUT2D eigenvalue weighted by atomic mass is 32.2. The van der Waals surface area contributed by atoms with Gasteiger partial charge in [-0.25, -0.2) is 0 Å². The number of benzene rings is 3. The monoisotopic (exact) mass is 504 g/mol. The molecule has 1 N–H and O–H groups in total. The minimum absolute atomic E-state index is 0.00574. The Morgan fingerprint density at radius 1 is 1.03 bits per heavy atom. The molecular formula is C27H24N2O6S. The van der Waals surface area contributed by atoms with Crippen LogP contribution in [0.3, 0.4) is 0 Å². The van der Waals surface area contributed by atoms with E-state index in [0.717, 1.165) is 5.56 Å². The van der Waals surface area contributed by atoms with Gasteiger partial charge in [-0.3, -0.25) is 9.59 Å². The minimum Gasteiger partial charge on any atom is -0.490 e. The lowest BCUT2D eigenvalue weighted by molar-refractivity contribution is -0.112. The Morgan fingerprint density at radius 2 is 1.72 bits per heavy atom. The molecule has 1 amide bonds. The number of para-hydroxylation sites is 1. The summed E-state index contributed by atoms with van der Waals surface area (Å²) in [4.78, 5) is 24.5. The van der Waals surface area contributed by atoms with Crippen LogP contribution in [0.2, 0.25) is 0 Å². The van der Waals surface area contributed by atoms with Crippen LogP contribution < -0.4 is 14.2 Å². The Morgan fingerprint density at radius 3 is 2.36 bits per heavy atom. The molecule has 0 aliphatic rings. The number of anilines is 1. The maximum Gasteiger partial charge on any atom is 0.339 e. The van der Waals surface area contributed by atoms with Crippen LogP contribution in [0, 0.1) is 18.3 Å². The zero-order valence-electron chi connectivity index (χ0n) is 19.9. The first-order chi connectivity index (χ1) is 17.1. The maximum absolute atomic E-state index is 12.7. The highest BCUT2D eigenvalue weighted by molar-refractivity contribution is 7.87. The Balaban J connectivity index is 1.89. The Labute approximate surface area is 209 Å². The number of nitrogens with one attached hydrogen (secondary N) is 1. The normalized spacial score (nSPS) is 11.3. The minimum atomic E-state index is -4.11. The van der Waals surface area contributed by atoms with Crippen molar-refractivity contribution in [1.82, 2.24) is 0 Å². The number of hydrogen-bond donors (Lipinski definition) is 1. The number of rotatable bonds is 9. The quantitative estimate of drug-likeness (QED) is 0.190. The third-order valence-electron chi connectivity index (χ3n) is 5.01. The lowest BCUT2D eigenvalue weighted by Crippen LogP contribution is -2.15. The number of ketones is 1. The van der Waals surface area contributed by atoms with Gasteiger partial charge in [0, 0.05) is 5.56 Å². The van der Waals surface area contributed by atoms with Crippen LogP contribution >= 0.6 is 0 Å². The molecular weight excluding hydrogens is 480 g/mol. The van der Waals surface area contributed by atoms with E-state index in [2.05, 4.69) is 5.32 Å². The fourth-order valence-corrected chi connectivity index (χ4v) is 4.17. The van der Waals surface area contributed by atoms with Crippen molar-refractivity contribution >= 4 is 33.6 Å². The third kappa shape index (κ3) is 6.37. The summed E-state index contributed by atoms with van der Waals surface area (Å²) >= 11 is 0. The molecule has 184 valence electrons. The van der Waals surface area contributed by atoms with Gasteiger partial charge in [-0.1, -0.05) is 35.9 Å². The molecule has 0 bridgehead atoms. The van der Waals surface area contributed by atoms with Gasteiger partial charge in [0.05, 0.1) is 12.3 Å². The molecule has 0 heterocycles. The van der Waals surface area contributed by atoms with E-state index >= 15 is 0 Å². The van der Waals surface area contributed by atoms with Crippen LogP contribution in [-0.2, 0) is 14.9 Å². The average molecular weight is 505 g/mol. The summed E-state index contributed by atoms with van der Waals surface area (Å²) in [6.07, 6.45) is 1.33. The molecule has 0 aliphatic heterocycles. The van der Waals surface area contributed by atoms with Crippen LogP contribution in [0.15, 0.2) is 77.2 Å². The van der Waals surface area contributed by atoms with Crippen molar-refractivity contribution in [3.8, 4) is 17.6 Å². The van der Waals surface area contributed by atoms with Gasteiger partial charge in [-0.15, -0.1) is 0 Å². The Bertz CT molecular complexity index is 1470. The van der Waals surface area contributed by atoms with E-state index < -0.39 is 16.0 Å². The fraction of sp³-hybridized carbons (Fsp3) is 0.148. The maximum atomic E-state index is 12.7. The number of aryl methyl sites for hydroxylation is 1. The third-order valence-corrected chi connectivity index (χ3v) is 6.26. The number of carbonyl (C=O) groups excluding carboxylic acids is 2. The van der Waals surface area contributed by atoms with Crippen molar-refractivity contribution in [3.05, 3.63) is 89.0 Å². The highest BCUT2D eigenvalue weighted by Gasteiger charge is 2.20. The molecule has 0 aliphatic carbocycles. The number of hydrogen-bond acceptors (Lipinski definition) is 7. The molecule has 0 saturated carbocycles. The average Bonchev–Trinajstić information content (AvgIpc) is 2.84. The molecule has 9 heteroatoms. The summed E-state index contributed by atoms with van der Waals surface area (Å²) < 4.78 is 36.3. The van der Waals surface area contributed by atoms with Crippen molar-refractivity contribution in [2.45, 2.75) is 25.7 Å². The number of nitrogens with zero attached hydrogens (tertiary/aromatic N) is 1. The molecule has 36 heavy (non-hydrogen) atoms. The summed E-state index contributed by atoms with van der Waals surface area (Å²) in [6.45, 7) is 5.17. The van der Waals surface area contributed by atoms with Gasteiger partial charge in [-0.05, 0) is 68.8 Å². The van der Waals surface area contributed by atoms with E-state index in [1.54, 1.807) is 43.3 Å². The molecule has 8 nitrogen and oxygen atoms in total. The molecule has 0 atom stereocenters. The van der Waals surface area contributed by atoms with Crippen molar-refractivity contribution in [3.63, 3.8) is 0 Å².